The van der Waals surface area contributed by atoms with Crippen LogP contribution in [0.4, 0.5) is 0 Å². The summed E-state index contributed by atoms with van der Waals surface area (Å²) < 4.78 is 10.5. The molecule has 0 saturated carbocycles. The normalized spacial score (nSPS) is 12.8. The lowest BCUT2D eigenvalue weighted by Gasteiger charge is -2.10. The van der Waals surface area contributed by atoms with Crippen LogP contribution in [0.1, 0.15) is 19.4 Å². The molecule has 2 rings (SSSR count). The highest BCUT2D eigenvalue weighted by Crippen LogP contribution is 2.39. The molecule has 0 atom stereocenters. The van der Waals surface area contributed by atoms with Crippen molar-refractivity contribution in [3.05, 3.63) is 22.7 Å². The van der Waals surface area contributed by atoms with Gasteiger partial charge in [0.25, 0.3) is 0 Å². The number of amides is 1. The molecule has 0 fully saturated rings. The maximum absolute atomic E-state index is 11.5. The van der Waals surface area contributed by atoms with Gasteiger partial charge in [0.2, 0.25) is 12.7 Å². The average molecular weight is 285 g/mol. The van der Waals surface area contributed by atoms with Crippen LogP contribution in [0.15, 0.2) is 12.1 Å². The third-order valence-corrected chi connectivity index (χ3v) is 2.83. The summed E-state index contributed by atoms with van der Waals surface area (Å²) in [6.07, 6.45) is 0. The Morgan fingerprint density at radius 2 is 2.21 bits per heavy atom. The van der Waals surface area contributed by atoms with Crippen molar-refractivity contribution in [1.29, 1.82) is 0 Å². The van der Waals surface area contributed by atoms with E-state index in [-0.39, 0.29) is 25.3 Å². The van der Waals surface area contributed by atoms with E-state index in [9.17, 15) is 4.79 Å². The summed E-state index contributed by atoms with van der Waals surface area (Å²) in [4.78, 5) is 11.5. The van der Waals surface area contributed by atoms with Gasteiger partial charge in [-0.05, 0) is 31.5 Å². The van der Waals surface area contributed by atoms with Crippen LogP contribution in [0.2, 0.25) is 5.02 Å². The largest absolute Gasteiger partial charge is 0.454 e. The molecule has 0 spiro atoms. The Labute approximate surface area is 117 Å². The van der Waals surface area contributed by atoms with Crippen LogP contribution in [0.25, 0.3) is 0 Å². The van der Waals surface area contributed by atoms with Crippen molar-refractivity contribution in [3.8, 4) is 11.5 Å². The van der Waals surface area contributed by atoms with Gasteiger partial charge in [-0.15, -0.1) is 0 Å². The van der Waals surface area contributed by atoms with Gasteiger partial charge in [-0.3, -0.25) is 4.79 Å². The Morgan fingerprint density at radius 1 is 1.42 bits per heavy atom. The van der Waals surface area contributed by atoms with Gasteiger partial charge in [0.15, 0.2) is 11.5 Å². The fraction of sp³-hybridized carbons (Fsp3) is 0.462. The number of hydrogen-bond acceptors (Lipinski definition) is 4. The fourth-order valence-corrected chi connectivity index (χ4v) is 2.10. The van der Waals surface area contributed by atoms with Crippen LogP contribution >= 0.6 is 11.6 Å². The zero-order valence-corrected chi connectivity index (χ0v) is 11.7. The van der Waals surface area contributed by atoms with Gasteiger partial charge in [-0.25, -0.2) is 0 Å². The molecule has 1 amide bonds. The standard InChI is InChI=1S/C13H17ClN2O3/c1-8(2)16-12(17)6-15-5-9-3-10(14)13-11(4-9)18-7-19-13/h3-4,8,15H,5-7H2,1-2H3,(H,16,17). The van der Waals surface area contributed by atoms with E-state index in [4.69, 9.17) is 21.1 Å². The highest BCUT2D eigenvalue weighted by atomic mass is 35.5. The fourth-order valence-electron chi connectivity index (χ4n) is 1.82. The van der Waals surface area contributed by atoms with Crippen LogP contribution in [0.5, 0.6) is 11.5 Å². The minimum Gasteiger partial charge on any atom is -0.454 e. The van der Waals surface area contributed by atoms with Crippen molar-refractivity contribution in [3.63, 3.8) is 0 Å². The van der Waals surface area contributed by atoms with E-state index in [1.54, 1.807) is 0 Å². The summed E-state index contributed by atoms with van der Waals surface area (Å²) in [6.45, 7) is 4.86. The molecule has 1 aromatic rings. The first-order valence-electron chi connectivity index (χ1n) is 6.14. The Bertz CT molecular complexity index is 477. The van der Waals surface area contributed by atoms with E-state index in [0.717, 1.165) is 5.56 Å². The molecule has 0 unspecified atom stereocenters. The zero-order chi connectivity index (χ0) is 13.8. The molecular weight excluding hydrogens is 268 g/mol. The lowest BCUT2D eigenvalue weighted by molar-refractivity contribution is -0.120. The molecule has 1 aliphatic heterocycles. The Morgan fingerprint density at radius 3 is 2.95 bits per heavy atom. The quantitative estimate of drug-likeness (QED) is 0.864. The molecule has 1 aliphatic rings. The summed E-state index contributed by atoms with van der Waals surface area (Å²) in [7, 11) is 0. The van der Waals surface area contributed by atoms with Gasteiger partial charge >= 0.3 is 0 Å². The molecule has 2 N–H and O–H groups in total. The molecule has 0 radical (unpaired) electrons. The third-order valence-electron chi connectivity index (χ3n) is 2.55. The summed E-state index contributed by atoms with van der Waals surface area (Å²) in [5.74, 6) is 1.21. The summed E-state index contributed by atoms with van der Waals surface area (Å²) in [5.41, 5.74) is 0.951. The minimum atomic E-state index is -0.0261. The topological polar surface area (TPSA) is 59.6 Å². The van der Waals surface area contributed by atoms with Gasteiger partial charge in [-0.1, -0.05) is 11.6 Å². The summed E-state index contributed by atoms with van der Waals surface area (Å²) in [5, 5.41) is 6.39. The second-order valence-corrected chi connectivity index (χ2v) is 5.04. The van der Waals surface area contributed by atoms with E-state index in [2.05, 4.69) is 10.6 Å². The molecule has 19 heavy (non-hydrogen) atoms. The third kappa shape index (κ3) is 3.75. The van der Waals surface area contributed by atoms with E-state index >= 15 is 0 Å². The SMILES string of the molecule is CC(C)NC(=O)CNCc1cc(Cl)c2c(c1)OCO2. The van der Waals surface area contributed by atoms with E-state index < -0.39 is 0 Å². The van der Waals surface area contributed by atoms with Gasteiger partial charge in [-0.2, -0.15) is 0 Å². The first-order chi connectivity index (χ1) is 9.06. The Kier molecular flexibility index (Phi) is 4.50. The molecule has 0 aromatic heterocycles. The van der Waals surface area contributed by atoms with E-state index in [1.165, 1.54) is 0 Å². The van der Waals surface area contributed by atoms with E-state index in [1.807, 2.05) is 26.0 Å². The lowest BCUT2D eigenvalue weighted by Crippen LogP contribution is -2.37. The number of nitrogens with one attached hydrogen (secondary N) is 2. The Balaban J connectivity index is 1.87. The predicted octanol–water partition coefficient (Wildman–Crippen LogP) is 1.68. The minimum absolute atomic E-state index is 0.0261. The van der Waals surface area contributed by atoms with Crippen molar-refractivity contribution >= 4 is 17.5 Å². The molecule has 0 bridgehead atoms. The monoisotopic (exact) mass is 284 g/mol. The van der Waals surface area contributed by atoms with E-state index in [0.29, 0.717) is 23.1 Å². The number of carbonyl (C=O) groups is 1. The van der Waals surface area contributed by atoms with Gasteiger partial charge in [0.05, 0.1) is 11.6 Å². The molecule has 1 heterocycles. The number of hydrogen-bond donors (Lipinski definition) is 2. The molecule has 104 valence electrons. The van der Waals surface area contributed by atoms with Crippen molar-refractivity contribution in [1.82, 2.24) is 10.6 Å². The molecule has 5 nitrogen and oxygen atoms in total. The van der Waals surface area contributed by atoms with Gasteiger partial charge < -0.3 is 20.1 Å². The van der Waals surface area contributed by atoms with Crippen molar-refractivity contribution in [2.75, 3.05) is 13.3 Å². The van der Waals surface area contributed by atoms with Crippen molar-refractivity contribution in [2.24, 2.45) is 0 Å². The average Bonchev–Trinajstić information content (AvgIpc) is 2.76. The summed E-state index contributed by atoms with van der Waals surface area (Å²) in [6, 6.07) is 3.82. The van der Waals surface area contributed by atoms with Crippen LogP contribution in [0, 0.1) is 0 Å². The second-order valence-electron chi connectivity index (χ2n) is 4.64. The second kappa shape index (κ2) is 6.12. The molecular formula is C13H17ClN2O3. The number of rotatable bonds is 5. The number of halogens is 1. The van der Waals surface area contributed by atoms with Gasteiger partial charge in [0, 0.05) is 12.6 Å². The molecule has 0 saturated heterocycles. The number of carbonyl (C=O) groups excluding carboxylic acids is 1. The lowest BCUT2D eigenvalue weighted by atomic mass is 10.2. The van der Waals surface area contributed by atoms with Crippen LogP contribution in [-0.2, 0) is 11.3 Å². The van der Waals surface area contributed by atoms with Crippen LogP contribution in [-0.4, -0.2) is 25.3 Å². The van der Waals surface area contributed by atoms with Crippen LogP contribution < -0.4 is 20.1 Å². The molecule has 0 aliphatic carbocycles. The Hall–Kier alpha value is -1.46. The van der Waals surface area contributed by atoms with Crippen molar-refractivity contribution < 1.29 is 14.3 Å². The van der Waals surface area contributed by atoms with Crippen LogP contribution in [0.3, 0.4) is 0 Å². The first-order valence-corrected chi connectivity index (χ1v) is 6.52. The zero-order valence-electron chi connectivity index (χ0n) is 11.0. The number of ether oxygens (including phenoxy) is 2. The maximum atomic E-state index is 11.5. The van der Waals surface area contributed by atoms with Crippen molar-refractivity contribution in [2.45, 2.75) is 26.4 Å². The highest BCUT2D eigenvalue weighted by Gasteiger charge is 2.18. The molecule has 1 aromatic carbocycles. The highest BCUT2D eigenvalue weighted by molar-refractivity contribution is 6.32. The predicted molar refractivity (Wildman–Crippen MR) is 72.6 cm³/mol. The molecule has 6 heteroatoms. The first kappa shape index (κ1) is 14.0. The summed E-state index contributed by atoms with van der Waals surface area (Å²) >= 11 is 6.07. The number of fused-ring (bicyclic) bond motifs is 1. The van der Waals surface area contributed by atoms with Gasteiger partial charge in [0.1, 0.15) is 0 Å². The number of benzene rings is 1. The maximum Gasteiger partial charge on any atom is 0.234 e. The smallest absolute Gasteiger partial charge is 0.234 e.